The maximum absolute atomic E-state index is 4.86. The zero-order valence-electron chi connectivity index (χ0n) is 21.4. The van der Waals surface area contributed by atoms with Crippen LogP contribution in [0.15, 0.2) is 91.1 Å². The van der Waals surface area contributed by atoms with E-state index in [1.165, 1.54) is 10.8 Å². The number of aromatic nitrogens is 5. The summed E-state index contributed by atoms with van der Waals surface area (Å²) in [5.74, 6) is 0. The van der Waals surface area contributed by atoms with Crippen molar-refractivity contribution < 1.29 is 21.1 Å². The van der Waals surface area contributed by atoms with E-state index in [9.17, 15) is 0 Å². The monoisotopic (exact) mass is 666 g/mol. The van der Waals surface area contributed by atoms with Gasteiger partial charge in [0, 0.05) is 23.0 Å². The summed E-state index contributed by atoms with van der Waals surface area (Å²) in [6, 6.07) is 28.5. The first-order valence-corrected chi connectivity index (χ1v) is 12.3. The molecule has 0 atom stereocenters. The van der Waals surface area contributed by atoms with E-state index >= 15 is 0 Å². The van der Waals surface area contributed by atoms with Gasteiger partial charge < -0.3 is 15.2 Å². The molecule has 0 fully saturated rings. The van der Waals surface area contributed by atoms with Gasteiger partial charge in [0.15, 0.2) is 0 Å². The number of benzene rings is 2. The van der Waals surface area contributed by atoms with Crippen LogP contribution < -0.4 is 10.1 Å². The standard InChI is InChI=1S/C19H21N4.C12H8N.Pt/c1-5-14-13(2)18(23-22-14)15-9-8-11-17(21-15)19(3,4)16-10-6-7-12-20-16;1-3-7-11-9(5-1)10-6-2-4-8-12(10)13-11;/h6-12H,5H2,1-4H3;1-8H;/q2*-1;+2. The van der Waals surface area contributed by atoms with Gasteiger partial charge in [0.2, 0.25) is 0 Å². The molecule has 0 spiro atoms. The summed E-state index contributed by atoms with van der Waals surface area (Å²) in [6.45, 7) is 8.44. The molecule has 4 aromatic heterocycles. The third-order valence-electron chi connectivity index (χ3n) is 6.67. The second-order valence-corrected chi connectivity index (χ2v) is 9.37. The number of pyridine rings is 2. The Hall–Kier alpha value is -3.56. The number of aryl methyl sites for hydroxylation is 1. The van der Waals surface area contributed by atoms with E-state index in [0.717, 1.165) is 51.5 Å². The number of rotatable bonds is 4. The number of fused-ring (bicyclic) bond motifs is 3. The van der Waals surface area contributed by atoms with Crippen LogP contribution in [0.1, 0.15) is 43.4 Å². The molecule has 4 heterocycles. The summed E-state index contributed by atoms with van der Waals surface area (Å²) >= 11 is 0. The van der Waals surface area contributed by atoms with Gasteiger partial charge in [-0.05, 0) is 67.8 Å². The SMILES string of the molecule is CCc1n[n-]c(-c2cccc(C(C)(C)c3ccccn3)n2)c1C.[Pt+2].c1ccc2c(c1)[n-]c1ccccc12. The number of hydrogen-bond donors (Lipinski definition) is 0. The van der Waals surface area contributed by atoms with E-state index in [2.05, 4.69) is 84.3 Å². The predicted molar refractivity (Wildman–Crippen MR) is 146 cm³/mol. The summed E-state index contributed by atoms with van der Waals surface area (Å²) in [6.07, 6.45) is 2.71. The molecular weight excluding hydrogens is 637 g/mol. The van der Waals surface area contributed by atoms with Crippen molar-refractivity contribution in [1.82, 2.24) is 25.1 Å². The fraction of sp³-hybridized carbons (Fsp3) is 0.194. The minimum atomic E-state index is -0.265. The fourth-order valence-corrected chi connectivity index (χ4v) is 4.48. The molecule has 5 nitrogen and oxygen atoms in total. The Kier molecular flexibility index (Phi) is 8.04. The van der Waals surface area contributed by atoms with Gasteiger partial charge >= 0.3 is 21.1 Å². The topological polar surface area (TPSA) is 66.9 Å². The molecule has 0 aliphatic heterocycles. The molecule has 188 valence electrons. The average Bonchev–Trinajstić information content (AvgIpc) is 3.49. The van der Waals surface area contributed by atoms with Crippen molar-refractivity contribution in [2.24, 2.45) is 0 Å². The second-order valence-electron chi connectivity index (χ2n) is 9.37. The Bertz CT molecular complexity index is 1560. The molecule has 0 aliphatic carbocycles. The van der Waals surface area contributed by atoms with Gasteiger partial charge in [0.05, 0.1) is 11.4 Å². The van der Waals surface area contributed by atoms with Crippen LogP contribution in [0.25, 0.3) is 33.2 Å². The molecule has 0 radical (unpaired) electrons. The van der Waals surface area contributed by atoms with Crippen molar-refractivity contribution in [2.75, 3.05) is 0 Å². The molecule has 0 amide bonds. The summed E-state index contributed by atoms with van der Waals surface area (Å²) in [5, 5.41) is 11.1. The molecule has 0 saturated carbocycles. The van der Waals surface area contributed by atoms with Crippen molar-refractivity contribution in [3.8, 4) is 11.4 Å². The number of hydrogen-bond acceptors (Lipinski definition) is 3. The molecule has 0 saturated heterocycles. The van der Waals surface area contributed by atoms with Crippen LogP contribution in [0.2, 0.25) is 0 Å². The first kappa shape index (κ1) is 26.5. The van der Waals surface area contributed by atoms with Gasteiger partial charge in [-0.2, -0.15) is 0 Å². The predicted octanol–water partition coefficient (Wildman–Crippen LogP) is 6.64. The molecular formula is C31H29N5Pt. The summed E-state index contributed by atoms with van der Waals surface area (Å²) in [7, 11) is 0. The molecule has 6 rings (SSSR count). The zero-order valence-corrected chi connectivity index (χ0v) is 23.7. The fourth-order valence-electron chi connectivity index (χ4n) is 4.48. The van der Waals surface area contributed by atoms with E-state index in [1.807, 2.05) is 54.7 Å². The second kappa shape index (κ2) is 11.2. The van der Waals surface area contributed by atoms with Gasteiger partial charge in [-0.15, -0.1) is 11.0 Å². The first-order chi connectivity index (χ1) is 17.5. The van der Waals surface area contributed by atoms with E-state index in [4.69, 9.17) is 4.98 Å². The largest absolute Gasteiger partial charge is 2.00 e. The first-order valence-electron chi connectivity index (χ1n) is 12.3. The zero-order chi connectivity index (χ0) is 25.1. The molecule has 0 unspecified atom stereocenters. The number of para-hydroxylation sites is 2. The van der Waals surface area contributed by atoms with Crippen LogP contribution in [0, 0.1) is 6.92 Å². The Morgan fingerprint density at radius 2 is 1.38 bits per heavy atom. The Balaban J connectivity index is 0.000000193. The van der Waals surface area contributed by atoms with Gasteiger partial charge in [0.25, 0.3) is 0 Å². The maximum Gasteiger partial charge on any atom is 2.00 e. The molecule has 6 aromatic rings. The van der Waals surface area contributed by atoms with Crippen LogP contribution >= 0.6 is 0 Å². The molecule has 6 heteroatoms. The van der Waals surface area contributed by atoms with Crippen molar-refractivity contribution in [3.63, 3.8) is 0 Å². The smallest absolute Gasteiger partial charge is 0.657 e. The Morgan fingerprint density at radius 3 is 1.97 bits per heavy atom. The molecule has 0 bridgehead atoms. The van der Waals surface area contributed by atoms with E-state index in [1.54, 1.807) is 0 Å². The third kappa shape index (κ3) is 5.28. The maximum atomic E-state index is 4.86. The quantitative estimate of drug-likeness (QED) is 0.211. The molecule has 37 heavy (non-hydrogen) atoms. The van der Waals surface area contributed by atoms with Crippen molar-refractivity contribution in [3.05, 3.63) is 114 Å². The molecule has 2 aromatic carbocycles. The minimum absolute atomic E-state index is 0. The van der Waals surface area contributed by atoms with Crippen LogP contribution in [0.5, 0.6) is 0 Å². The van der Waals surface area contributed by atoms with E-state index < -0.39 is 0 Å². The van der Waals surface area contributed by atoms with Crippen LogP contribution in [0.4, 0.5) is 0 Å². The van der Waals surface area contributed by atoms with Crippen LogP contribution in [0.3, 0.4) is 0 Å². The molecule has 0 N–H and O–H groups in total. The van der Waals surface area contributed by atoms with Crippen molar-refractivity contribution in [2.45, 2.75) is 39.5 Å². The van der Waals surface area contributed by atoms with Crippen LogP contribution in [-0.4, -0.2) is 15.1 Å². The van der Waals surface area contributed by atoms with Gasteiger partial charge in [-0.3, -0.25) is 9.97 Å². The number of nitrogens with zero attached hydrogens (tertiary/aromatic N) is 5. The molecule has 0 aliphatic rings. The van der Waals surface area contributed by atoms with Crippen molar-refractivity contribution >= 4 is 21.8 Å². The Morgan fingerprint density at radius 1 is 0.757 bits per heavy atom. The summed E-state index contributed by atoms with van der Waals surface area (Å²) < 4.78 is 0. The minimum Gasteiger partial charge on any atom is -0.657 e. The Labute approximate surface area is 232 Å². The summed E-state index contributed by atoms with van der Waals surface area (Å²) in [4.78, 5) is 13.9. The normalized spacial score (nSPS) is 11.1. The van der Waals surface area contributed by atoms with Gasteiger partial charge in [-0.1, -0.05) is 73.3 Å². The third-order valence-corrected chi connectivity index (χ3v) is 6.67. The van der Waals surface area contributed by atoms with Gasteiger partial charge in [0.1, 0.15) is 0 Å². The average molecular weight is 667 g/mol. The van der Waals surface area contributed by atoms with Crippen molar-refractivity contribution in [1.29, 1.82) is 0 Å². The summed E-state index contributed by atoms with van der Waals surface area (Å²) in [5.41, 5.74) is 7.80. The van der Waals surface area contributed by atoms with E-state index in [0.29, 0.717) is 0 Å². The van der Waals surface area contributed by atoms with Crippen LogP contribution in [-0.2, 0) is 32.9 Å². The van der Waals surface area contributed by atoms with E-state index in [-0.39, 0.29) is 26.5 Å². The van der Waals surface area contributed by atoms with Gasteiger partial charge in [-0.25, -0.2) is 0 Å².